The molecule has 0 aliphatic heterocycles. The predicted octanol–water partition coefficient (Wildman–Crippen LogP) is 4.69. The zero-order chi connectivity index (χ0) is 21.4. The number of esters is 1. The smallest absolute Gasteiger partial charge is 0.344 e. The molecule has 0 fully saturated rings. The van der Waals surface area contributed by atoms with Gasteiger partial charge in [-0.3, -0.25) is 4.79 Å². The molecule has 0 atom stereocenters. The van der Waals surface area contributed by atoms with Gasteiger partial charge < -0.3 is 14.2 Å². The third-order valence-corrected chi connectivity index (χ3v) is 4.87. The highest BCUT2D eigenvalue weighted by Gasteiger charge is 2.26. The monoisotopic (exact) mass is 447 g/mol. The largest absolute Gasteiger partial charge is 0.454 e. The van der Waals surface area contributed by atoms with Crippen LogP contribution in [0.3, 0.4) is 0 Å². The molecule has 0 unspecified atom stereocenters. The van der Waals surface area contributed by atoms with Crippen molar-refractivity contribution in [3.63, 3.8) is 0 Å². The van der Waals surface area contributed by atoms with Crippen molar-refractivity contribution in [3.8, 4) is 11.3 Å². The number of rotatable bonds is 4. The third kappa shape index (κ3) is 3.67. The van der Waals surface area contributed by atoms with Gasteiger partial charge in [-0.2, -0.15) is 0 Å². The summed E-state index contributed by atoms with van der Waals surface area (Å²) in [5.41, 5.74) is -0.268. The van der Waals surface area contributed by atoms with Crippen LogP contribution in [0.2, 0.25) is 10.0 Å². The summed E-state index contributed by atoms with van der Waals surface area (Å²) < 4.78 is 24.6. The second-order valence-electron chi connectivity index (χ2n) is 6.31. The van der Waals surface area contributed by atoms with E-state index in [-0.39, 0.29) is 40.0 Å². The highest BCUT2D eigenvalue weighted by Crippen LogP contribution is 2.33. The third-order valence-electron chi connectivity index (χ3n) is 4.32. The minimum absolute atomic E-state index is 0.0646. The normalized spacial score (nSPS) is 11.1. The van der Waals surface area contributed by atoms with Gasteiger partial charge in [-0.05, 0) is 37.3 Å². The van der Waals surface area contributed by atoms with E-state index in [4.69, 9.17) is 32.5 Å². The zero-order valence-electron chi connectivity index (χ0n) is 15.3. The van der Waals surface area contributed by atoms with E-state index < -0.39 is 17.3 Å². The lowest BCUT2D eigenvalue weighted by Crippen LogP contribution is -2.15. The molecule has 2 aromatic carbocycles. The molecule has 0 saturated heterocycles. The molecule has 7 nitrogen and oxygen atoms in total. The maximum Gasteiger partial charge on any atom is 0.344 e. The maximum atomic E-state index is 14.3. The van der Waals surface area contributed by atoms with Crippen LogP contribution < -0.4 is 5.56 Å². The summed E-state index contributed by atoms with van der Waals surface area (Å²) in [5.74, 6) is -1.26. The Morgan fingerprint density at radius 3 is 2.83 bits per heavy atom. The van der Waals surface area contributed by atoms with Crippen molar-refractivity contribution < 1.29 is 18.4 Å². The number of ether oxygens (including phenoxy) is 1. The number of aryl methyl sites for hydroxylation is 1. The van der Waals surface area contributed by atoms with Crippen molar-refractivity contribution in [1.29, 1.82) is 0 Å². The average molecular weight is 448 g/mol. The number of nitrogens with zero attached hydrogens (tertiary/aromatic N) is 2. The van der Waals surface area contributed by atoms with E-state index in [1.165, 1.54) is 31.2 Å². The number of nitrogens with one attached hydrogen (secondary N) is 1. The van der Waals surface area contributed by atoms with Crippen LogP contribution in [-0.2, 0) is 11.3 Å². The lowest BCUT2D eigenvalue weighted by molar-refractivity contribution is 0.0461. The maximum absolute atomic E-state index is 14.3. The van der Waals surface area contributed by atoms with Crippen LogP contribution in [0.4, 0.5) is 4.39 Å². The Bertz CT molecular complexity index is 1330. The molecule has 2 aromatic heterocycles. The Labute approximate surface area is 178 Å². The summed E-state index contributed by atoms with van der Waals surface area (Å²) in [5, 5.41) is 4.58. The van der Waals surface area contributed by atoms with Gasteiger partial charge in [0.15, 0.2) is 0 Å². The van der Waals surface area contributed by atoms with Crippen LogP contribution in [0.25, 0.3) is 22.2 Å². The number of hydrogen-bond donors (Lipinski definition) is 1. The van der Waals surface area contributed by atoms with Gasteiger partial charge in [-0.15, -0.1) is 0 Å². The first-order valence-electron chi connectivity index (χ1n) is 8.61. The van der Waals surface area contributed by atoms with Gasteiger partial charge in [0.25, 0.3) is 5.56 Å². The van der Waals surface area contributed by atoms with Crippen molar-refractivity contribution in [3.05, 3.63) is 79.8 Å². The summed E-state index contributed by atoms with van der Waals surface area (Å²) in [6.07, 6.45) is 0. The first-order valence-corrected chi connectivity index (χ1v) is 9.37. The fourth-order valence-corrected chi connectivity index (χ4v) is 3.36. The summed E-state index contributed by atoms with van der Waals surface area (Å²) in [6, 6.07) is 8.73. The molecule has 0 radical (unpaired) electrons. The molecule has 1 N–H and O–H groups in total. The van der Waals surface area contributed by atoms with Gasteiger partial charge in [0.1, 0.15) is 35.3 Å². The second-order valence-corrected chi connectivity index (χ2v) is 7.15. The van der Waals surface area contributed by atoms with Gasteiger partial charge in [-0.25, -0.2) is 14.2 Å². The van der Waals surface area contributed by atoms with E-state index in [1.807, 2.05) is 0 Å². The Morgan fingerprint density at radius 1 is 1.27 bits per heavy atom. The summed E-state index contributed by atoms with van der Waals surface area (Å²) in [6.45, 7) is 1.14. The topological polar surface area (TPSA) is 98.1 Å². The molecular formula is C20H12Cl2FN3O4. The van der Waals surface area contributed by atoms with Crippen molar-refractivity contribution in [2.45, 2.75) is 13.5 Å². The molecule has 152 valence electrons. The number of fused-ring (bicyclic) bond motifs is 1. The Kier molecular flexibility index (Phi) is 5.27. The summed E-state index contributed by atoms with van der Waals surface area (Å²) in [7, 11) is 0. The Hall–Kier alpha value is -3.23. The van der Waals surface area contributed by atoms with Crippen LogP contribution >= 0.6 is 23.2 Å². The SMILES string of the molecule is Cc1onc(-c2c(F)cccc2Cl)c1C(=O)OCc1nc2cc(Cl)ccc2c(=O)[nH]1. The van der Waals surface area contributed by atoms with Gasteiger partial charge >= 0.3 is 5.97 Å². The molecule has 10 heteroatoms. The minimum Gasteiger partial charge on any atom is -0.454 e. The van der Waals surface area contributed by atoms with E-state index >= 15 is 0 Å². The number of hydrogen-bond acceptors (Lipinski definition) is 6. The molecule has 0 bridgehead atoms. The van der Waals surface area contributed by atoms with Gasteiger partial charge in [-0.1, -0.05) is 34.4 Å². The molecular weight excluding hydrogens is 436 g/mol. The van der Waals surface area contributed by atoms with Gasteiger partial charge in [0, 0.05) is 5.02 Å². The standard InChI is InChI=1S/C20H12Cl2FN3O4/c1-9-16(18(26-30-9)17-12(22)3-2-4-13(17)23)20(28)29-8-15-24-14-7-10(21)5-6-11(14)19(27)25-15/h2-7H,8H2,1H3,(H,24,25,27). The molecule has 0 amide bonds. The number of H-pyrrole nitrogens is 1. The first kappa shape index (κ1) is 20.1. The fraction of sp³-hybridized carbons (Fsp3) is 0.100. The molecule has 4 rings (SSSR count). The van der Waals surface area contributed by atoms with E-state index in [2.05, 4.69) is 15.1 Å². The Balaban J connectivity index is 1.64. The molecule has 0 spiro atoms. The molecule has 0 aliphatic carbocycles. The number of aromatic amines is 1. The fourth-order valence-electron chi connectivity index (χ4n) is 2.94. The van der Waals surface area contributed by atoms with Crippen molar-refractivity contribution in [2.24, 2.45) is 0 Å². The molecule has 0 aliphatic rings. The van der Waals surface area contributed by atoms with Crippen LogP contribution in [0, 0.1) is 12.7 Å². The number of aromatic nitrogens is 3. The van der Waals surface area contributed by atoms with E-state index in [0.717, 1.165) is 0 Å². The molecule has 30 heavy (non-hydrogen) atoms. The van der Waals surface area contributed by atoms with E-state index in [0.29, 0.717) is 15.9 Å². The highest BCUT2D eigenvalue weighted by atomic mass is 35.5. The number of carbonyl (C=O) groups is 1. The van der Waals surface area contributed by atoms with Crippen LogP contribution in [0.5, 0.6) is 0 Å². The predicted molar refractivity (Wildman–Crippen MR) is 108 cm³/mol. The number of carbonyl (C=O) groups excluding carboxylic acids is 1. The van der Waals surface area contributed by atoms with Crippen LogP contribution in [-0.4, -0.2) is 21.1 Å². The van der Waals surface area contributed by atoms with E-state index in [1.54, 1.807) is 12.1 Å². The van der Waals surface area contributed by atoms with Crippen molar-refractivity contribution >= 4 is 40.1 Å². The Morgan fingerprint density at radius 2 is 2.07 bits per heavy atom. The summed E-state index contributed by atoms with van der Waals surface area (Å²) >= 11 is 12.0. The number of halogens is 3. The van der Waals surface area contributed by atoms with Crippen LogP contribution in [0.15, 0.2) is 45.7 Å². The minimum atomic E-state index is -0.836. The molecule has 2 heterocycles. The summed E-state index contributed by atoms with van der Waals surface area (Å²) in [4.78, 5) is 31.7. The quantitative estimate of drug-likeness (QED) is 0.455. The number of benzene rings is 2. The lowest BCUT2D eigenvalue weighted by Gasteiger charge is -2.07. The first-order chi connectivity index (χ1) is 14.3. The highest BCUT2D eigenvalue weighted by molar-refractivity contribution is 6.33. The van der Waals surface area contributed by atoms with Crippen molar-refractivity contribution in [2.75, 3.05) is 0 Å². The van der Waals surface area contributed by atoms with Crippen molar-refractivity contribution in [1.82, 2.24) is 15.1 Å². The second kappa shape index (κ2) is 7.89. The van der Waals surface area contributed by atoms with Gasteiger partial charge in [0.05, 0.1) is 21.5 Å². The molecule has 0 saturated carbocycles. The molecule has 4 aromatic rings. The van der Waals surface area contributed by atoms with Crippen LogP contribution in [0.1, 0.15) is 21.9 Å². The van der Waals surface area contributed by atoms with E-state index in [9.17, 15) is 14.0 Å². The average Bonchev–Trinajstić information content (AvgIpc) is 3.07. The lowest BCUT2D eigenvalue weighted by atomic mass is 10.1. The van der Waals surface area contributed by atoms with Gasteiger partial charge in [0.2, 0.25) is 0 Å². The zero-order valence-corrected chi connectivity index (χ0v) is 16.8.